The lowest BCUT2D eigenvalue weighted by Crippen LogP contribution is -2.58. The smallest absolute Gasteiger partial charge is 0.313 e. The number of hydrogen-bond donors (Lipinski definition) is 1. The fraction of sp³-hybridized carbons (Fsp3) is 0.667. The van der Waals surface area contributed by atoms with Gasteiger partial charge in [-0.3, -0.25) is 14.4 Å². The van der Waals surface area contributed by atoms with Crippen molar-refractivity contribution < 1.29 is 29.0 Å². The third kappa shape index (κ3) is 2.76. The molecule has 4 aliphatic rings. The number of aliphatic hydroxyl groups is 1. The van der Waals surface area contributed by atoms with Crippen LogP contribution in [-0.2, 0) is 23.9 Å². The lowest BCUT2D eigenvalue weighted by Gasteiger charge is -2.39. The van der Waals surface area contributed by atoms with Crippen molar-refractivity contribution in [1.29, 1.82) is 0 Å². The van der Waals surface area contributed by atoms with Crippen LogP contribution in [0.4, 0.5) is 0 Å². The highest BCUT2D eigenvalue weighted by atomic mass is 16.6. The van der Waals surface area contributed by atoms with Gasteiger partial charge >= 0.3 is 5.97 Å². The molecular formula is C21H28N2O6. The van der Waals surface area contributed by atoms with E-state index in [0.29, 0.717) is 13.0 Å². The molecule has 2 amide bonds. The zero-order valence-corrected chi connectivity index (χ0v) is 17.0. The summed E-state index contributed by atoms with van der Waals surface area (Å²) in [6, 6.07) is -1.52. The molecule has 0 aromatic heterocycles. The number of fused-ring (bicyclic) bond motifs is 2. The van der Waals surface area contributed by atoms with Crippen molar-refractivity contribution in [3.63, 3.8) is 0 Å². The highest BCUT2D eigenvalue weighted by molar-refractivity contribution is 5.99. The fourth-order valence-electron chi connectivity index (χ4n) is 5.20. The summed E-state index contributed by atoms with van der Waals surface area (Å²) in [4.78, 5) is 43.2. The number of hydrogen-bond acceptors (Lipinski definition) is 6. The maximum atomic E-state index is 13.7. The van der Waals surface area contributed by atoms with Crippen LogP contribution in [0.5, 0.6) is 0 Å². The Morgan fingerprint density at radius 3 is 2.66 bits per heavy atom. The number of carbonyl (C=O) groups is 3. The Kier molecular flexibility index (Phi) is 5.02. The Hall–Kier alpha value is -2.19. The second-order valence-corrected chi connectivity index (χ2v) is 8.38. The van der Waals surface area contributed by atoms with E-state index in [1.807, 2.05) is 26.8 Å². The van der Waals surface area contributed by atoms with E-state index in [9.17, 15) is 19.5 Å². The van der Waals surface area contributed by atoms with Gasteiger partial charge in [0.2, 0.25) is 11.8 Å². The third-order valence-corrected chi connectivity index (χ3v) is 6.58. The lowest BCUT2D eigenvalue weighted by atomic mass is 9.78. The standard InChI is InChI=1S/C21H28N2O6/c1-4-13(11-24)23-17-19(26)22(12(2)3)9-6-8-21(17)16(18(23)25)15-14(29-21)7-5-10-28-20(15)27/h5-8,12-17,24H,4,9-11H2,1-3H3/t13-,14+,15-,16-,17?,21-/m0/s1. The van der Waals surface area contributed by atoms with Gasteiger partial charge in [-0.25, -0.2) is 0 Å². The van der Waals surface area contributed by atoms with Gasteiger partial charge in [0.15, 0.2) is 0 Å². The molecule has 8 nitrogen and oxygen atoms in total. The molecule has 158 valence electrons. The SMILES string of the molecule is CC[C@@H](CO)N1C(=O)[C@@H]2[C@H]3C(=O)OCC=C[C@H]3O[C@@]23C=CCN(C(C)C)C(=O)C13. The number of cyclic esters (lactones) is 1. The highest BCUT2D eigenvalue weighted by Crippen LogP contribution is 2.53. The maximum absolute atomic E-state index is 13.7. The van der Waals surface area contributed by atoms with Crippen LogP contribution >= 0.6 is 0 Å². The van der Waals surface area contributed by atoms with Gasteiger partial charge in [0.25, 0.3) is 0 Å². The molecule has 0 aromatic carbocycles. The molecule has 2 fully saturated rings. The van der Waals surface area contributed by atoms with Crippen molar-refractivity contribution in [3.8, 4) is 0 Å². The van der Waals surface area contributed by atoms with Crippen LogP contribution in [0.2, 0.25) is 0 Å². The minimum absolute atomic E-state index is 0.0655. The summed E-state index contributed by atoms with van der Waals surface area (Å²) in [5.74, 6) is -2.71. The zero-order chi connectivity index (χ0) is 20.9. The second kappa shape index (κ2) is 7.25. The third-order valence-electron chi connectivity index (χ3n) is 6.58. The van der Waals surface area contributed by atoms with E-state index in [2.05, 4.69) is 0 Å². The summed E-state index contributed by atoms with van der Waals surface area (Å²) < 4.78 is 11.7. The topological polar surface area (TPSA) is 96.4 Å². The molecular weight excluding hydrogens is 376 g/mol. The van der Waals surface area contributed by atoms with Crippen LogP contribution in [0.25, 0.3) is 0 Å². The molecule has 0 saturated carbocycles. The van der Waals surface area contributed by atoms with Crippen LogP contribution in [0.1, 0.15) is 27.2 Å². The van der Waals surface area contributed by atoms with Gasteiger partial charge in [0, 0.05) is 12.6 Å². The Labute approximate surface area is 170 Å². The molecule has 1 N–H and O–H groups in total. The van der Waals surface area contributed by atoms with Gasteiger partial charge in [-0.1, -0.05) is 25.2 Å². The molecule has 4 heterocycles. The average molecular weight is 404 g/mol. The number of aliphatic hydroxyl groups excluding tert-OH is 1. The zero-order valence-electron chi connectivity index (χ0n) is 17.0. The predicted octanol–water partition coefficient (Wildman–Crippen LogP) is 0.258. The van der Waals surface area contributed by atoms with E-state index < -0.39 is 41.6 Å². The molecule has 29 heavy (non-hydrogen) atoms. The quantitative estimate of drug-likeness (QED) is 0.533. The van der Waals surface area contributed by atoms with Crippen LogP contribution in [0, 0.1) is 11.8 Å². The number of carbonyl (C=O) groups excluding carboxylic acids is 3. The number of amides is 2. The molecule has 8 heteroatoms. The van der Waals surface area contributed by atoms with Gasteiger partial charge in [0.1, 0.15) is 24.2 Å². The van der Waals surface area contributed by atoms with Crippen LogP contribution in [0.3, 0.4) is 0 Å². The molecule has 0 bridgehead atoms. The summed E-state index contributed by atoms with van der Waals surface area (Å²) in [5.41, 5.74) is -1.25. The van der Waals surface area contributed by atoms with Crippen molar-refractivity contribution >= 4 is 17.8 Å². The normalized spacial score (nSPS) is 37.2. The Morgan fingerprint density at radius 2 is 2.00 bits per heavy atom. The lowest BCUT2D eigenvalue weighted by molar-refractivity contribution is -0.155. The van der Waals surface area contributed by atoms with E-state index in [-0.39, 0.29) is 31.1 Å². The van der Waals surface area contributed by atoms with Crippen LogP contribution in [-0.4, -0.2) is 82.3 Å². The minimum atomic E-state index is -1.25. The summed E-state index contributed by atoms with van der Waals surface area (Å²) in [7, 11) is 0. The monoisotopic (exact) mass is 404 g/mol. The van der Waals surface area contributed by atoms with Gasteiger partial charge in [-0.2, -0.15) is 0 Å². The highest BCUT2D eigenvalue weighted by Gasteiger charge is 2.72. The Bertz CT molecular complexity index is 773. The van der Waals surface area contributed by atoms with Crippen molar-refractivity contribution in [2.24, 2.45) is 11.8 Å². The molecule has 1 unspecified atom stereocenters. The Balaban J connectivity index is 1.88. The summed E-state index contributed by atoms with van der Waals surface area (Å²) in [6.45, 7) is 5.98. The van der Waals surface area contributed by atoms with E-state index in [0.717, 1.165) is 0 Å². The molecule has 0 radical (unpaired) electrons. The van der Waals surface area contributed by atoms with E-state index >= 15 is 0 Å². The van der Waals surface area contributed by atoms with E-state index in [4.69, 9.17) is 9.47 Å². The fourth-order valence-corrected chi connectivity index (χ4v) is 5.20. The van der Waals surface area contributed by atoms with Crippen molar-refractivity contribution in [3.05, 3.63) is 24.3 Å². The first kappa shape index (κ1) is 20.1. The maximum Gasteiger partial charge on any atom is 0.313 e. The average Bonchev–Trinajstić information content (AvgIpc) is 2.98. The number of nitrogens with zero attached hydrogens (tertiary/aromatic N) is 2. The first-order chi connectivity index (χ1) is 13.9. The minimum Gasteiger partial charge on any atom is -0.461 e. The molecule has 4 rings (SSSR count). The van der Waals surface area contributed by atoms with Gasteiger partial charge in [-0.15, -0.1) is 0 Å². The molecule has 2 saturated heterocycles. The van der Waals surface area contributed by atoms with Gasteiger partial charge in [-0.05, 0) is 26.3 Å². The molecule has 4 aliphatic heterocycles. The van der Waals surface area contributed by atoms with Crippen molar-refractivity contribution in [2.45, 2.75) is 57.0 Å². The molecule has 6 atom stereocenters. The van der Waals surface area contributed by atoms with Gasteiger partial charge in [0.05, 0.1) is 24.7 Å². The Morgan fingerprint density at radius 1 is 1.24 bits per heavy atom. The molecule has 0 aromatic rings. The second-order valence-electron chi connectivity index (χ2n) is 8.38. The van der Waals surface area contributed by atoms with Crippen LogP contribution in [0.15, 0.2) is 24.3 Å². The predicted molar refractivity (Wildman–Crippen MR) is 102 cm³/mol. The van der Waals surface area contributed by atoms with Crippen molar-refractivity contribution in [2.75, 3.05) is 19.8 Å². The number of esters is 1. The summed E-state index contributed by atoms with van der Waals surface area (Å²) in [6.07, 6.45) is 6.97. The number of ether oxygens (including phenoxy) is 2. The largest absolute Gasteiger partial charge is 0.461 e. The van der Waals surface area contributed by atoms with Crippen molar-refractivity contribution in [1.82, 2.24) is 9.80 Å². The first-order valence-corrected chi connectivity index (χ1v) is 10.3. The van der Waals surface area contributed by atoms with Crippen LogP contribution < -0.4 is 0 Å². The molecule has 0 aliphatic carbocycles. The summed E-state index contributed by atoms with van der Waals surface area (Å²) in [5, 5.41) is 9.94. The number of likely N-dealkylation sites (tertiary alicyclic amines) is 1. The van der Waals surface area contributed by atoms with E-state index in [1.54, 1.807) is 23.1 Å². The first-order valence-electron chi connectivity index (χ1n) is 10.3. The molecule has 1 spiro atoms. The van der Waals surface area contributed by atoms with E-state index in [1.165, 1.54) is 4.90 Å². The van der Waals surface area contributed by atoms with Gasteiger partial charge < -0.3 is 24.4 Å². The number of rotatable bonds is 4. The summed E-state index contributed by atoms with van der Waals surface area (Å²) >= 11 is 0.